The third-order valence-corrected chi connectivity index (χ3v) is 4.66. The zero-order valence-electron chi connectivity index (χ0n) is 16.7. The van der Waals surface area contributed by atoms with Gasteiger partial charge in [-0.15, -0.1) is 24.0 Å². The number of carbonyl (C=O) groups is 1. The van der Waals surface area contributed by atoms with Gasteiger partial charge >= 0.3 is 0 Å². The van der Waals surface area contributed by atoms with Crippen LogP contribution in [0.3, 0.4) is 0 Å². The first kappa shape index (κ1) is 22.7. The highest BCUT2D eigenvalue weighted by atomic mass is 127. The van der Waals surface area contributed by atoms with E-state index in [1.807, 2.05) is 25.2 Å². The standard InChI is InChI=1S/C20H32N4O.HI/c1-15-11-16(2)14-24(13-15)20(21-3)22-10-9-17-7-6-8-18(12-17)19(25)23(4)5;/h6-8,12,15-16H,9-11,13-14H2,1-5H3,(H,21,22);1H. The van der Waals surface area contributed by atoms with Crippen LogP contribution in [-0.2, 0) is 6.42 Å². The van der Waals surface area contributed by atoms with Gasteiger partial charge in [0, 0.05) is 46.3 Å². The summed E-state index contributed by atoms with van der Waals surface area (Å²) in [6, 6.07) is 7.88. The Kier molecular flexibility index (Phi) is 9.39. The molecule has 146 valence electrons. The number of carbonyl (C=O) groups excluding carboxylic acids is 1. The summed E-state index contributed by atoms with van der Waals surface area (Å²) in [5.41, 5.74) is 1.90. The van der Waals surface area contributed by atoms with E-state index in [4.69, 9.17) is 0 Å². The van der Waals surface area contributed by atoms with Crippen LogP contribution in [0.15, 0.2) is 29.3 Å². The van der Waals surface area contributed by atoms with Crippen LogP contribution in [0.2, 0.25) is 0 Å². The topological polar surface area (TPSA) is 47.9 Å². The summed E-state index contributed by atoms with van der Waals surface area (Å²) < 4.78 is 0. The fourth-order valence-corrected chi connectivity index (χ4v) is 3.60. The molecule has 0 radical (unpaired) electrons. The van der Waals surface area contributed by atoms with Crippen LogP contribution >= 0.6 is 24.0 Å². The molecule has 2 atom stereocenters. The van der Waals surface area contributed by atoms with Gasteiger partial charge in [0.05, 0.1) is 0 Å². The van der Waals surface area contributed by atoms with E-state index in [1.165, 1.54) is 6.42 Å². The molecule has 1 fully saturated rings. The second-order valence-corrected chi connectivity index (χ2v) is 7.47. The number of piperidine rings is 1. The molecule has 1 amide bonds. The largest absolute Gasteiger partial charge is 0.356 e. The maximum Gasteiger partial charge on any atom is 0.253 e. The first-order chi connectivity index (χ1) is 11.9. The lowest BCUT2D eigenvalue weighted by atomic mass is 9.92. The van der Waals surface area contributed by atoms with Crippen LogP contribution in [0.4, 0.5) is 0 Å². The van der Waals surface area contributed by atoms with E-state index in [2.05, 4.69) is 35.1 Å². The normalized spacial score (nSPS) is 20.3. The van der Waals surface area contributed by atoms with Crippen molar-refractivity contribution < 1.29 is 4.79 Å². The van der Waals surface area contributed by atoms with Gasteiger partial charge in [0.1, 0.15) is 0 Å². The summed E-state index contributed by atoms with van der Waals surface area (Å²) in [5, 5.41) is 3.48. The molecule has 0 aliphatic carbocycles. The van der Waals surface area contributed by atoms with E-state index >= 15 is 0 Å². The van der Waals surface area contributed by atoms with Gasteiger partial charge in [-0.1, -0.05) is 26.0 Å². The molecule has 1 aliphatic heterocycles. The van der Waals surface area contributed by atoms with Gasteiger partial charge in [0.15, 0.2) is 5.96 Å². The van der Waals surface area contributed by atoms with E-state index in [0.717, 1.165) is 43.1 Å². The van der Waals surface area contributed by atoms with Gasteiger partial charge in [-0.25, -0.2) is 0 Å². The molecule has 0 bridgehead atoms. The number of nitrogens with one attached hydrogen (secondary N) is 1. The average molecular weight is 472 g/mol. The lowest BCUT2D eigenvalue weighted by Crippen LogP contribution is -2.48. The van der Waals surface area contributed by atoms with Crippen molar-refractivity contribution in [1.29, 1.82) is 0 Å². The molecule has 1 heterocycles. The van der Waals surface area contributed by atoms with Crippen molar-refractivity contribution in [2.75, 3.05) is 40.8 Å². The number of amides is 1. The Balaban J connectivity index is 0.00000338. The SMILES string of the molecule is CN=C(NCCc1cccc(C(=O)N(C)C)c1)N1CC(C)CC(C)C1.I. The summed E-state index contributed by atoms with van der Waals surface area (Å²) in [6.07, 6.45) is 2.16. The molecule has 0 spiro atoms. The minimum atomic E-state index is 0. The molecule has 0 saturated carbocycles. The van der Waals surface area contributed by atoms with Crippen molar-refractivity contribution in [1.82, 2.24) is 15.1 Å². The molecule has 1 saturated heterocycles. The van der Waals surface area contributed by atoms with Gasteiger partial charge in [0.25, 0.3) is 5.91 Å². The third kappa shape index (κ3) is 6.45. The maximum absolute atomic E-state index is 12.1. The Labute approximate surface area is 175 Å². The van der Waals surface area contributed by atoms with Crippen LogP contribution in [0.5, 0.6) is 0 Å². The van der Waals surface area contributed by atoms with Crippen LogP contribution in [-0.4, -0.2) is 62.4 Å². The smallest absolute Gasteiger partial charge is 0.253 e. The summed E-state index contributed by atoms with van der Waals surface area (Å²) in [5.74, 6) is 2.44. The Morgan fingerprint density at radius 2 is 1.92 bits per heavy atom. The van der Waals surface area contributed by atoms with Gasteiger partial charge < -0.3 is 15.1 Å². The summed E-state index contributed by atoms with van der Waals surface area (Å²) >= 11 is 0. The molecule has 0 aromatic heterocycles. The zero-order chi connectivity index (χ0) is 18.4. The quantitative estimate of drug-likeness (QED) is 0.416. The molecule has 26 heavy (non-hydrogen) atoms. The van der Waals surface area contributed by atoms with Crippen molar-refractivity contribution in [2.24, 2.45) is 16.8 Å². The second-order valence-electron chi connectivity index (χ2n) is 7.47. The van der Waals surface area contributed by atoms with E-state index in [9.17, 15) is 4.79 Å². The van der Waals surface area contributed by atoms with Crippen LogP contribution in [0.1, 0.15) is 36.2 Å². The number of nitrogens with zero attached hydrogens (tertiary/aromatic N) is 3. The first-order valence-corrected chi connectivity index (χ1v) is 9.17. The second kappa shape index (κ2) is 10.7. The maximum atomic E-state index is 12.1. The number of halogens is 1. The third-order valence-electron chi connectivity index (χ3n) is 4.66. The lowest BCUT2D eigenvalue weighted by Gasteiger charge is -2.37. The van der Waals surface area contributed by atoms with Gasteiger partial charge in [-0.3, -0.25) is 9.79 Å². The van der Waals surface area contributed by atoms with Gasteiger partial charge in [0.2, 0.25) is 0 Å². The Morgan fingerprint density at radius 1 is 1.27 bits per heavy atom. The molecule has 1 aromatic rings. The summed E-state index contributed by atoms with van der Waals surface area (Å²) in [4.78, 5) is 20.5. The monoisotopic (exact) mass is 472 g/mol. The Morgan fingerprint density at radius 3 is 2.50 bits per heavy atom. The lowest BCUT2D eigenvalue weighted by molar-refractivity contribution is 0.0827. The molecule has 1 aliphatic rings. The van der Waals surface area contributed by atoms with Gasteiger partial charge in [-0.05, 0) is 42.4 Å². The molecular weight excluding hydrogens is 439 g/mol. The molecule has 2 unspecified atom stereocenters. The number of aliphatic imine (C=N–C) groups is 1. The van der Waals surface area contributed by atoms with Crippen LogP contribution in [0.25, 0.3) is 0 Å². The summed E-state index contributed by atoms with van der Waals surface area (Å²) in [6.45, 7) is 7.56. The molecule has 1 N–H and O–H groups in total. The number of hydrogen-bond acceptors (Lipinski definition) is 2. The minimum absolute atomic E-state index is 0. The first-order valence-electron chi connectivity index (χ1n) is 9.17. The van der Waals surface area contributed by atoms with Crippen molar-refractivity contribution in [3.8, 4) is 0 Å². The fourth-order valence-electron chi connectivity index (χ4n) is 3.60. The predicted molar refractivity (Wildman–Crippen MR) is 119 cm³/mol. The number of likely N-dealkylation sites (tertiary alicyclic amines) is 1. The summed E-state index contributed by atoms with van der Waals surface area (Å²) in [7, 11) is 5.41. The Hall–Kier alpha value is -1.31. The highest BCUT2D eigenvalue weighted by Crippen LogP contribution is 2.20. The molecular formula is C20H33IN4O. The van der Waals surface area contributed by atoms with Crippen LogP contribution in [0, 0.1) is 11.8 Å². The van der Waals surface area contributed by atoms with Crippen molar-refractivity contribution >= 4 is 35.8 Å². The van der Waals surface area contributed by atoms with Crippen molar-refractivity contribution in [3.05, 3.63) is 35.4 Å². The van der Waals surface area contributed by atoms with E-state index in [1.54, 1.807) is 19.0 Å². The van der Waals surface area contributed by atoms with Crippen molar-refractivity contribution in [3.63, 3.8) is 0 Å². The van der Waals surface area contributed by atoms with E-state index in [-0.39, 0.29) is 29.9 Å². The fraction of sp³-hybridized carbons (Fsp3) is 0.600. The molecule has 1 aromatic carbocycles. The van der Waals surface area contributed by atoms with Crippen molar-refractivity contribution in [2.45, 2.75) is 26.7 Å². The van der Waals surface area contributed by atoms with E-state index < -0.39 is 0 Å². The minimum Gasteiger partial charge on any atom is -0.356 e. The number of guanidine groups is 1. The van der Waals surface area contributed by atoms with E-state index in [0.29, 0.717) is 11.8 Å². The zero-order valence-corrected chi connectivity index (χ0v) is 19.0. The highest BCUT2D eigenvalue weighted by Gasteiger charge is 2.23. The van der Waals surface area contributed by atoms with Crippen LogP contribution < -0.4 is 5.32 Å². The number of benzene rings is 1. The van der Waals surface area contributed by atoms with Gasteiger partial charge in [-0.2, -0.15) is 0 Å². The number of rotatable bonds is 4. The average Bonchev–Trinajstić information content (AvgIpc) is 2.57. The Bertz CT molecular complexity index is 608. The predicted octanol–water partition coefficient (Wildman–Crippen LogP) is 3.10. The molecule has 5 nitrogen and oxygen atoms in total. The highest BCUT2D eigenvalue weighted by molar-refractivity contribution is 14.0. The number of hydrogen-bond donors (Lipinski definition) is 1. The molecule has 6 heteroatoms. The molecule has 2 rings (SSSR count).